The highest BCUT2D eigenvalue weighted by Crippen LogP contribution is 2.27. The standard InChI is InChI=1S/C16H21ClN2O4/c1-2-13(14(10-20)11-3-5-12(17)6-4-11)16(22)18-19-7-8-23-15(21)9-19/h3-6,10,13-15,21H,2,7-9H2,1H3,(H,18,22). The molecule has 0 saturated carbocycles. The van der Waals surface area contributed by atoms with Crippen LogP contribution in [0, 0.1) is 5.92 Å². The number of halogens is 1. The summed E-state index contributed by atoms with van der Waals surface area (Å²) in [4.78, 5) is 24.1. The average molecular weight is 341 g/mol. The molecule has 1 fully saturated rings. The van der Waals surface area contributed by atoms with Gasteiger partial charge < -0.3 is 14.6 Å². The van der Waals surface area contributed by atoms with Crippen molar-refractivity contribution in [2.24, 2.45) is 5.92 Å². The zero-order valence-corrected chi connectivity index (χ0v) is 13.7. The maximum atomic E-state index is 12.5. The first kappa shape index (κ1) is 17.9. The molecule has 1 amide bonds. The molecule has 126 valence electrons. The van der Waals surface area contributed by atoms with Gasteiger partial charge in [-0.3, -0.25) is 10.2 Å². The van der Waals surface area contributed by atoms with E-state index < -0.39 is 18.1 Å². The lowest BCUT2D eigenvalue weighted by Crippen LogP contribution is -2.53. The number of hydrazine groups is 1. The fourth-order valence-corrected chi connectivity index (χ4v) is 2.79. The van der Waals surface area contributed by atoms with Crippen molar-refractivity contribution in [3.63, 3.8) is 0 Å². The zero-order valence-electron chi connectivity index (χ0n) is 12.9. The van der Waals surface area contributed by atoms with Crippen LogP contribution in [0.1, 0.15) is 24.8 Å². The van der Waals surface area contributed by atoms with Crippen molar-refractivity contribution in [1.29, 1.82) is 0 Å². The van der Waals surface area contributed by atoms with Gasteiger partial charge in [0.2, 0.25) is 5.91 Å². The summed E-state index contributed by atoms with van der Waals surface area (Å²) < 4.78 is 5.02. The fraction of sp³-hybridized carbons (Fsp3) is 0.500. The molecule has 1 aliphatic rings. The molecule has 3 atom stereocenters. The van der Waals surface area contributed by atoms with Crippen molar-refractivity contribution < 1.29 is 19.4 Å². The van der Waals surface area contributed by atoms with Crippen LogP contribution in [0.2, 0.25) is 5.02 Å². The predicted molar refractivity (Wildman–Crippen MR) is 85.7 cm³/mol. The number of aldehydes is 1. The van der Waals surface area contributed by atoms with Crippen LogP contribution in [0.15, 0.2) is 24.3 Å². The van der Waals surface area contributed by atoms with E-state index in [9.17, 15) is 14.7 Å². The highest BCUT2D eigenvalue weighted by molar-refractivity contribution is 6.30. The van der Waals surface area contributed by atoms with Gasteiger partial charge in [-0.15, -0.1) is 0 Å². The minimum absolute atomic E-state index is 0.203. The van der Waals surface area contributed by atoms with Crippen molar-refractivity contribution >= 4 is 23.8 Å². The lowest BCUT2D eigenvalue weighted by molar-refractivity contribution is -0.163. The Bertz CT molecular complexity index is 537. The maximum Gasteiger partial charge on any atom is 0.238 e. The van der Waals surface area contributed by atoms with E-state index in [1.807, 2.05) is 6.92 Å². The largest absolute Gasteiger partial charge is 0.367 e. The molecule has 0 bridgehead atoms. The normalized spacial score (nSPS) is 21.4. The lowest BCUT2D eigenvalue weighted by Gasteiger charge is -2.32. The molecule has 6 nitrogen and oxygen atoms in total. The molecule has 1 aromatic carbocycles. The number of hydrogen-bond acceptors (Lipinski definition) is 5. The van der Waals surface area contributed by atoms with Crippen LogP contribution in [-0.2, 0) is 14.3 Å². The summed E-state index contributed by atoms with van der Waals surface area (Å²) in [5.41, 5.74) is 3.52. The summed E-state index contributed by atoms with van der Waals surface area (Å²) in [5, 5.41) is 11.7. The molecule has 3 unspecified atom stereocenters. The van der Waals surface area contributed by atoms with Crippen molar-refractivity contribution in [2.45, 2.75) is 25.6 Å². The van der Waals surface area contributed by atoms with Crippen molar-refractivity contribution in [2.75, 3.05) is 19.7 Å². The molecule has 0 aromatic heterocycles. The SMILES string of the molecule is CCC(C(=O)NN1CCOC(O)C1)C(C=O)c1ccc(Cl)cc1. The second-order valence-electron chi connectivity index (χ2n) is 5.48. The molecular formula is C16H21ClN2O4. The highest BCUT2D eigenvalue weighted by Gasteiger charge is 2.30. The maximum absolute atomic E-state index is 12.5. The van der Waals surface area contributed by atoms with E-state index in [0.29, 0.717) is 24.6 Å². The van der Waals surface area contributed by atoms with Crippen LogP contribution in [0.3, 0.4) is 0 Å². The van der Waals surface area contributed by atoms with Gasteiger partial charge in [-0.2, -0.15) is 0 Å². The van der Waals surface area contributed by atoms with Crippen molar-refractivity contribution in [3.8, 4) is 0 Å². The van der Waals surface area contributed by atoms with Gasteiger partial charge in [0.25, 0.3) is 0 Å². The van der Waals surface area contributed by atoms with Crippen LogP contribution in [0.4, 0.5) is 0 Å². The number of carbonyl (C=O) groups excluding carboxylic acids is 2. The van der Waals surface area contributed by atoms with E-state index in [-0.39, 0.29) is 12.5 Å². The summed E-state index contributed by atoms with van der Waals surface area (Å²) in [6, 6.07) is 6.93. The van der Waals surface area contributed by atoms with Gasteiger partial charge in [-0.1, -0.05) is 30.7 Å². The monoisotopic (exact) mass is 340 g/mol. The number of nitrogens with zero attached hydrogens (tertiary/aromatic N) is 1. The number of ether oxygens (including phenoxy) is 1. The first-order valence-electron chi connectivity index (χ1n) is 7.61. The van der Waals surface area contributed by atoms with Crippen molar-refractivity contribution in [3.05, 3.63) is 34.9 Å². The van der Waals surface area contributed by atoms with Crippen LogP contribution in [0.5, 0.6) is 0 Å². The minimum Gasteiger partial charge on any atom is -0.367 e. The molecule has 1 saturated heterocycles. The van der Waals surface area contributed by atoms with E-state index >= 15 is 0 Å². The topological polar surface area (TPSA) is 78.9 Å². The Balaban J connectivity index is 2.07. The quantitative estimate of drug-likeness (QED) is 0.764. The predicted octanol–water partition coefficient (Wildman–Crippen LogP) is 1.33. The van der Waals surface area contributed by atoms with E-state index in [4.69, 9.17) is 16.3 Å². The first-order chi connectivity index (χ1) is 11.0. The molecule has 1 aromatic rings. The summed E-state index contributed by atoms with van der Waals surface area (Å²) in [6.07, 6.45) is 0.401. The molecule has 1 aliphatic heterocycles. The first-order valence-corrected chi connectivity index (χ1v) is 7.98. The number of amides is 1. The Morgan fingerprint density at radius 3 is 2.78 bits per heavy atom. The zero-order chi connectivity index (χ0) is 16.8. The van der Waals surface area contributed by atoms with Crippen LogP contribution in [0.25, 0.3) is 0 Å². The number of aliphatic hydroxyl groups is 1. The van der Waals surface area contributed by atoms with Gasteiger partial charge in [0, 0.05) is 11.6 Å². The van der Waals surface area contributed by atoms with Gasteiger partial charge in [0.15, 0.2) is 6.29 Å². The number of aliphatic hydroxyl groups excluding tert-OH is 1. The number of benzene rings is 1. The molecule has 7 heteroatoms. The Labute approximate surface area is 140 Å². The minimum atomic E-state index is -0.915. The summed E-state index contributed by atoms with van der Waals surface area (Å²) in [6.45, 7) is 2.90. The highest BCUT2D eigenvalue weighted by atomic mass is 35.5. The van der Waals surface area contributed by atoms with Crippen LogP contribution >= 0.6 is 11.6 Å². The Kier molecular flexibility index (Phi) is 6.53. The molecule has 1 heterocycles. The van der Waals surface area contributed by atoms with Crippen LogP contribution in [-0.4, -0.2) is 48.3 Å². The van der Waals surface area contributed by atoms with Gasteiger partial charge in [0.05, 0.1) is 25.0 Å². The smallest absolute Gasteiger partial charge is 0.238 e. The average Bonchev–Trinajstić information content (AvgIpc) is 2.53. The third-order valence-electron chi connectivity index (χ3n) is 3.93. The van der Waals surface area contributed by atoms with Crippen LogP contribution < -0.4 is 5.43 Å². The summed E-state index contributed by atoms with van der Waals surface area (Å²) in [7, 11) is 0. The number of rotatable bonds is 6. The summed E-state index contributed by atoms with van der Waals surface area (Å²) >= 11 is 5.87. The van der Waals surface area contributed by atoms with Gasteiger partial charge >= 0.3 is 0 Å². The number of carbonyl (C=O) groups is 2. The number of β-amino-alcohol motifs (C(OH)–C–C–N with tert-alkyl or cyclic N) is 1. The van der Waals surface area contributed by atoms with Crippen molar-refractivity contribution in [1.82, 2.24) is 10.4 Å². The number of nitrogens with one attached hydrogen (secondary N) is 1. The van der Waals surface area contributed by atoms with E-state index in [1.54, 1.807) is 29.3 Å². The molecule has 0 spiro atoms. The number of morpholine rings is 1. The third-order valence-corrected chi connectivity index (χ3v) is 4.18. The molecule has 2 rings (SSSR count). The molecule has 2 N–H and O–H groups in total. The van der Waals surface area contributed by atoms with Gasteiger partial charge in [-0.25, -0.2) is 5.01 Å². The van der Waals surface area contributed by atoms with E-state index in [1.165, 1.54) is 0 Å². The van der Waals surface area contributed by atoms with Gasteiger partial charge in [0.1, 0.15) is 6.29 Å². The Morgan fingerprint density at radius 2 is 2.22 bits per heavy atom. The second kappa shape index (κ2) is 8.40. The Hall–Kier alpha value is -1.47. The summed E-state index contributed by atoms with van der Waals surface area (Å²) in [5.74, 6) is -1.27. The fourth-order valence-electron chi connectivity index (χ4n) is 2.66. The lowest BCUT2D eigenvalue weighted by atomic mass is 9.85. The van der Waals surface area contributed by atoms with Gasteiger partial charge in [-0.05, 0) is 24.1 Å². The molecule has 0 radical (unpaired) electrons. The van der Waals surface area contributed by atoms with E-state index in [0.717, 1.165) is 11.8 Å². The second-order valence-corrected chi connectivity index (χ2v) is 5.91. The molecule has 0 aliphatic carbocycles. The molecule has 23 heavy (non-hydrogen) atoms. The van der Waals surface area contributed by atoms with E-state index in [2.05, 4.69) is 5.43 Å². The Morgan fingerprint density at radius 1 is 1.52 bits per heavy atom. The number of hydrogen-bond donors (Lipinski definition) is 2. The third kappa shape index (κ3) is 4.75. The molecular weight excluding hydrogens is 320 g/mol.